The fourth-order valence-electron chi connectivity index (χ4n) is 4.95. The number of methoxy groups -OCH3 is 1. The molecular weight excluding hydrogens is 464 g/mol. The number of benzene rings is 2. The number of aryl methyl sites for hydroxylation is 1. The van der Waals surface area contributed by atoms with E-state index in [9.17, 15) is 9.90 Å². The third-order valence-corrected chi connectivity index (χ3v) is 7.12. The van der Waals surface area contributed by atoms with Crippen LogP contribution < -0.4 is 10.1 Å². The number of rotatable bonds is 7. The molecule has 0 saturated carbocycles. The van der Waals surface area contributed by atoms with Gasteiger partial charge in [-0.15, -0.1) is 0 Å². The van der Waals surface area contributed by atoms with Crippen molar-refractivity contribution in [2.45, 2.75) is 58.6 Å². The van der Waals surface area contributed by atoms with Crippen molar-refractivity contribution in [2.75, 3.05) is 26.5 Å². The molecule has 1 aliphatic carbocycles. The van der Waals surface area contributed by atoms with Gasteiger partial charge in [0.25, 0.3) is 0 Å². The zero-order valence-corrected chi connectivity index (χ0v) is 22.9. The lowest BCUT2D eigenvalue weighted by atomic mass is 9.85. The van der Waals surface area contributed by atoms with Gasteiger partial charge in [-0.05, 0) is 69.7 Å². The minimum absolute atomic E-state index is 0.0222. The molecule has 196 valence electrons. The number of hydrogen-bond acceptors (Lipinski definition) is 6. The lowest BCUT2D eigenvalue weighted by Gasteiger charge is -2.25. The fourth-order valence-corrected chi connectivity index (χ4v) is 4.95. The summed E-state index contributed by atoms with van der Waals surface area (Å²) in [7, 11) is 5.30. The summed E-state index contributed by atoms with van der Waals surface area (Å²) in [5.41, 5.74) is 4.01. The maximum absolute atomic E-state index is 12.4. The van der Waals surface area contributed by atoms with Crippen molar-refractivity contribution >= 4 is 28.2 Å². The summed E-state index contributed by atoms with van der Waals surface area (Å²) in [5, 5.41) is 15.0. The van der Waals surface area contributed by atoms with Crippen LogP contribution >= 0.6 is 0 Å². The van der Waals surface area contributed by atoms with Gasteiger partial charge in [-0.25, -0.2) is 9.97 Å². The van der Waals surface area contributed by atoms with Gasteiger partial charge in [-0.3, -0.25) is 4.79 Å². The van der Waals surface area contributed by atoms with E-state index in [1.807, 2.05) is 45.3 Å². The molecule has 1 aromatic heterocycles. The van der Waals surface area contributed by atoms with Crippen molar-refractivity contribution in [3.05, 3.63) is 65.0 Å². The summed E-state index contributed by atoms with van der Waals surface area (Å²) in [6.45, 7) is 7.55. The smallest absolute Gasteiger partial charge is 0.225 e. The summed E-state index contributed by atoms with van der Waals surface area (Å²) in [5.74, 6) is 2.40. The zero-order valence-electron chi connectivity index (χ0n) is 22.9. The van der Waals surface area contributed by atoms with Crippen molar-refractivity contribution in [3.63, 3.8) is 0 Å². The standard InChI is InChI=1S/C30H38N4O3/c1-18(22-9-8-10-23(15-22)30(3,4)36)31-28-25-16-24(27(37-7)17-26(25)32-19(2)33-28)20-11-13-21(14-12-20)29(35)34(5)6/h8-11,15-18,21,36H,12-14H2,1-7H3,(H,31,32,33)/t18-,21?/m0/s1. The van der Waals surface area contributed by atoms with Gasteiger partial charge in [0.15, 0.2) is 0 Å². The molecule has 0 saturated heterocycles. The van der Waals surface area contributed by atoms with Crippen LogP contribution in [0, 0.1) is 12.8 Å². The molecule has 1 amide bonds. The minimum Gasteiger partial charge on any atom is -0.496 e. The number of nitrogens with zero attached hydrogens (tertiary/aromatic N) is 3. The van der Waals surface area contributed by atoms with E-state index >= 15 is 0 Å². The molecule has 37 heavy (non-hydrogen) atoms. The SMILES string of the molecule is COc1cc2nc(C)nc(N[C@@H](C)c3cccc(C(C)(C)O)c3)c2cc1C1=CCC(C(=O)N(C)C)CC1. The number of amides is 1. The average Bonchev–Trinajstić information content (AvgIpc) is 2.87. The molecule has 7 nitrogen and oxygen atoms in total. The monoisotopic (exact) mass is 502 g/mol. The quantitative estimate of drug-likeness (QED) is 0.436. The van der Waals surface area contributed by atoms with Crippen LogP contribution in [-0.2, 0) is 10.4 Å². The van der Waals surface area contributed by atoms with Gasteiger partial charge in [0.05, 0.1) is 18.2 Å². The number of ether oxygens (including phenoxy) is 1. The normalized spacial score (nSPS) is 16.8. The van der Waals surface area contributed by atoms with E-state index in [1.165, 1.54) is 5.57 Å². The first-order valence-corrected chi connectivity index (χ1v) is 12.8. The topological polar surface area (TPSA) is 87.6 Å². The summed E-state index contributed by atoms with van der Waals surface area (Å²) >= 11 is 0. The number of nitrogens with one attached hydrogen (secondary N) is 1. The Morgan fingerprint density at radius 2 is 1.97 bits per heavy atom. The predicted octanol–water partition coefficient (Wildman–Crippen LogP) is 5.62. The highest BCUT2D eigenvalue weighted by Crippen LogP contribution is 2.39. The first-order valence-electron chi connectivity index (χ1n) is 12.8. The number of anilines is 1. The molecule has 1 heterocycles. The highest BCUT2D eigenvalue weighted by molar-refractivity contribution is 5.94. The second-order valence-electron chi connectivity index (χ2n) is 10.7. The summed E-state index contributed by atoms with van der Waals surface area (Å²) in [6.07, 6.45) is 4.51. The van der Waals surface area contributed by atoms with Crippen LogP contribution in [0.25, 0.3) is 16.5 Å². The first kappa shape index (κ1) is 26.6. The van der Waals surface area contributed by atoms with Gasteiger partial charge >= 0.3 is 0 Å². The Balaban J connectivity index is 1.71. The van der Waals surface area contributed by atoms with Gasteiger partial charge in [-0.1, -0.05) is 30.3 Å². The molecule has 2 atom stereocenters. The number of fused-ring (bicyclic) bond motifs is 1. The maximum atomic E-state index is 12.4. The molecule has 3 aromatic rings. The molecule has 1 unspecified atom stereocenters. The molecular formula is C30H38N4O3. The van der Waals surface area contributed by atoms with Gasteiger partial charge in [0.1, 0.15) is 17.4 Å². The van der Waals surface area contributed by atoms with Crippen LogP contribution in [0.3, 0.4) is 0 Å². The number of carbonyl (C=O) groups excluding carboxylic acids is 1. The Morgan fingerprint density at radius 3 is 2.59 bits per heavy atom. The third kappa shape index (κ3) is 5.77. The second-order valence-corrected chi connectivity index (χ2v) is 10.7. The molecule has 4 rings (SSSR count). The number of carbonyl (C=O) groups is 1. The van der Waals surface area contributed by atoms with Crippen molar-refractivity contribution < 1.29 is 14.6 Å². The van der Waals surface area contributed by atoms with Crippen molar-refractivity contribution in [1.29, 1.82) is 0 Å². The Kier molecular flexibility index (Phi) is 7.55. The minimum atomic E-state index is -0.913. The first-order chi connectivity index (χ1) is 17.5. The maximum Gasteiger partial charge on any atom is 0.225 e. The molecule has 2 N–H and O–H groups in total. The Labute approximate surface area is 219 Å². The lowest BCUT2D eigenvalue weighted by Crippen LogP contribution is -2.30. The van der Waals surface area contributed by atoms with Crippen LogP contribution in [0.5, 0.6) is 5.75 Å². The van der Waals surface area contributed by atoms with Crippen molar-refractivity contribution in [1.82, 2.24) is 14.9 Å². The van der Waals surface area contributed by atoms with E-state index in [1.54, 1.807) is 25.9 Å². The van der Waals surface area contributed by atoms with Crippen LogP contribution in [0.15, 0.2) is 42.5 Å². The van der Waals surface area contributed by atoms with Gasteiger partial charge in [0, 0.05) is 43.1 Å². The molecule has 0 radical (unpaired) electrons. The number of aromatic nitrogens is 2. The van der Waals surface area contributed by atoms with Gasteiger partial charge < -0.3 is 20.1 Å². The van der Waals surface area contributed by atoms with E-state index in [2.05, 4.69) is 35.4 Å². The van der Waals surface area contributed by atoms with Crippen molar-refractivity contribution in [2.24, 2.45) is 5.92 Å². The third-order valence-electron chi connectivity index (χ3n) is 7.12. The Bertz CT molecular complexity index is 1340. The molecule has 7 heteroatoms. The average molecular weight is 503 g/mol. The molecule has 0 spiro atoms. The van der Waals surface area contributed by atoms with Gasteiger partial charge in [0.2, 0.25) is 5.91 Å². The molecule has 0 aliphatic heterocycles. The highest BCUT2D eigenvalue weighted by Gasteiger charge is 2.25. The summed E-state index contributed by atoms with van der Waals surface area (Å²) in [6, 6.07) is 12.0. The van der Waals surface area contributed by atoms with E-state index in [-0.39, 0.29) is 17.9 Å². The number of aliphatic hydroxyl groups is 1. The molecule has 1 aliphatic rings. The fraction of sp³-hybridized carbons (Fsp3) is 0.433. The largest absolute Gasteiger partial charge is 0.496 e. The van der Waals surface area contributed by atoms with E-state index in [0.29, 0.717) is 5.82 Å². The van der Waals surface area contributed by atoms with E-state index < -0.39 is 5.60 Å². The van der Waals surface area contributed by atoms with Crippen LogP contribution in [0.2, 0.25) is 0 Å². The second kappa shape index (κ2) is 10.5. The Morgan fingerprint density at radius 1 is 1.22 bits per heavy atom. The van der Waals surface area contributed by atoms with Crippen LogP contribution in [0.4, 0.5) is 5.82 Å². The summed E-state index contributed by atoms with van der Waals surface area (Å²) < 4.78 is 5.77. The van der Waals surface area contributed by atoms with Crippen LogP contribution in [-0.4, -0.2) is 47.1 Å². The highest BCUT2D eigenvalue weighted by atomic mass is 16.5. The molecule has 0 fully saturated rings. The Hall–Kier alpha value is -3.45. The van der Waals surface area contributed by atoms with E-state index in [0.717, 1.165) is 58.4 Å². The number of allylic oxidation sites excluding steroid dienone is 2. The number of hydrogen-bond donors (Lipinski definition) is 2. The van der Waals surface area contributed by atoms with Gasteiger partial charge in [-0.2, -0.15) is 0 Å². The predicted molar refractivity (Wildman–Crippen MR) is 149 cm³/mol. The van der Waals surface area contributed by atoms with Crippen LogP contribution in [0.1, 0.15) is 68.6 Å². The van der Waals surface area contributed by atoms with E-state index in [4.69, 9.17) is 9.72 Å². The lowest BCUT2D eigenvalue weighted by molar-refractivity contribution is -0.133. The molecule has 2 aromatic carbocycles. The zero-order chi connectivity index (χ0) is 26.9. The summed E-state index contributed by atoms with van der Waals surface area (Å²) in [4.78, 5) is 23.6. The molecule has 0 bridgehead atoms. The van der Waals surface area contributed by atoms with Crippen molar-refractivity contribution in [3.8, 4) is 5.75 Å².